The van der Waals surface area contributed by atoms with E-state index < -0.39 is 0 Å². The molecule has 3 heterocycles. The van der Waals surface area contributed by atoms with Crippen molar-refractivity contribution in [2.24, 2.45) is 0 Å². The third kappa shape index (κ3) is 1.40. The molecule has 0 atom stereocenters. The monoisotopic (exact) mass is 271 g/mol. The molecule has 3 aromatic rings. The Morgan fingerprint density at radius 3 is 2.85 bits per heavy atom. The third-order valence-electron chi connectivity index (χ3n) is 3.59. The maximum Gasteiger partial charge on any atom is 0.259 e. The molecule has 0 amide bonds. The number of hydrogen-bond acceptors (Lipinski definition) is 4. The molecule has 20 heavy (non-hydrogen) atoms. The van der Waals surface area contributed by atoms with Crippen LogP contribution in [0.15, 0.2) is 27.4 Å². The van der Waals surface area contributed by atoms with E-state index in [1.807, 2.05) is 32.0 Å². The number of rotatable bonds is 1. The average Bonchev–Trinajstić information content (AvgIpc) is 3.05. The van der Waals surface area contributed by atoms with Crippen LogP contribution in [0, 0.1) is 0 Å². The Kier molecular flexibility index (Phi) is 2.16. The van der Waals surface area contributed by atoms with Gasteiger partial charge in [0, 0.05) is 11.3 Å². The van der Waals surface area contributed by atoms with Crippen LogP contribution in [0.2, 0.25) is 0 Å². The Morgan fingerprint density at radius 1 is 1.20 bits per heavy atom. The van der Waals surface area contributed by atoms with E-state index in [9.17, 15) is 4.79 Å². The summed E-state index contributed by atoms with van der Waals surface area (Å²) in [5, 5.41) is 1.40. The Bertz CT molecular complexity index is 888. The van der Waals surface area contributed by atoms with Gasteiger partial charge in [0.2, 0.25) is 6.79 Å². The lowest BCUT2D eigenvalue weighted by Gasteiger charge is -2.02. The first-order valence-electron chi connectivity index (χ1n) is 6.53. The molecule has 0 saturated carbocycles. The van der Waals surface area contributed by atoms with Crippen molar-refractivity contribution in [2.75, 3.05) is 6.79 Å². The van der Waals surface area contributed by atoms with E-state index in [2.05, 4.69) is 4.98 Å². The summed E-state index contributed by atoms with van der Waals surface area (Å²) in [5.41, 5.74) is 1.06. The van der Waals surface area contributed by atoms with E-state index in [0.717, 1.165) is 11.1 Å². The lowest BCUT2D eigenvalue weighted by Crippen LogP contribution is -2.05. The van der Waals surface area contributed by atoms with Crippen LogP contribution in [0.3, 0.4) is 0 Å². The molecular formula is C15H13NO4. The summed E-state index contributed by atoms with van der Waals surface area (Å²) in [6.07, 6.45) is 0. The van der Waals surface area contributed by atoms with Gasteiger partial charge in [0.05, 0.1) is 10.9 Å². The van der Waals surface area contributed by atoms with Crippen molar-refractivity contribution in [2.45, 2.75) is 19.8 Å². The predicted octanol–water partition coefficient (Wildman–Crippen LogP) is 3.13. The van der Waals surface area contributed by atoms with Crippen LogP contribution in [0.5, 0.6) is 11.5 Å². The summed E-state index contributed by atoms with van der Waals surface area (Å²) in [4.78, 5) is 15.1. The Morgan fingerprint density at radius 2 is 2.05 bits per heavy atom. The number of ether oxygens (including phenoxy) is 2. The lowest BCUT2D eigenvalue weighted by atomic mass is 10.1. The first-order chi connectivity index (χ1) is 9.65. The standard InChI is InChI=1S/C15H13NO4/c1-7(2)11-5-9-13(20-11)8-3-4-10-14(19-6-18-10)12(8)16-15(9)17/h3-5,7H,6H2,1-2H3,(H,16,17). The van der Waals surface area contributed by atoms with Crippen LogP contribution < -0.4 is 15.0 Å². The number of furan rings is 1. The molecule has 5 heteroatoms. The van der Waals surface area contributed by atoms with Crippen LogP contribution in [-0.4, -0.2) is 11.8 Å². The molecule has 4 rings (SSSR count). The van der Waals surface area contributed by atoms with Gasteiger partial charge in [0.25, 0.3) is 5.56 Å². The fraction of sp³-hybridized carbons (Fsp3) is 0.267. The maximum absolute atomic E-state index is 12.2. The number of nitrogens with one attached hydrogen (secondary N) is 1. The Hall–Kier alpha value is -2.43. The number of pyridine rings is 1. The molecule has 102 valence electrons. The van der Waals surface area contributed by atoms with E-state index in [1.54, 1.807) is 0 Å². The van der Waals surface area contributed by atoms with Crippen molar-refractivity contribution in [3.63, 3.8) is 0 Å². The second-order valence-electron chi connectivity index (χ2n) is 5.22. The predicted molar refractivity (Wildman–Crippen MR) is 74.6 cm³/mol. The number of aromatic nitrogens is 1. The molecule has 0 spiro atoms. The molecule has 1 aliphatic heterocycles. The minimum Gasteiger partial charge on any atom is -0.460 e. The molecule has 0 unspecified atom stereocenters. The van der Waals surface area contributed by atoms with Gasteiger partial charge in [-0.3, -0.25) is 4.79 Å². The molecule has 0 saturated heterocycles. The molecular weight excluding hydrogens is 258 g/mol. The zero-order valence-electron chi connectivity index (χ0n) is 11.1. The van der Waals surface area contributed by atoms with Crippen LogP contribution in [-0.2, 0) is 0 Å². The zero-order chi connectivity index (χ0) is 13.9. The van der Waals surface area contributed by atoms with E-state index in [4.69, 9.17) is 13.9 Å². The van der Waals surface area contributed by atoms with Crippen molar-refractivity contribution in [3.05, 3.63) is 34.3 Å². The highest BCUT2D eigenvalue weighted by molar-refractivity contribution is 6.05. The summed E-state index contributed by atoms with van der Waals surface area (Å²) in [7, 11) is 0. The molecule has 2 aromatic heterocycles. The molecule has 5 nitrogen and oxygen atoms in total. The first-order valence-corrected chi connectivity index (χ1v) is 6.53. The highest BCUT2D eigenvalue weighted by Gasteiger charge is 2.21. The topological polar surface area (TPSA) is 64.5 Å². The average molecular weight is 271 g/mol. The van der Waals surface area contributed by atoms with Crippen molar-refractivity contribution >= 4 is 21.9 Å². The second kappa shape index (κ2) is 3.79. The summed E-state index contributed by atoms with van der Waals surface area (Å²) >= 11 is 0. The molecule has 1 N–H and O–H groups in total. The van der Waals surface area contributed by atoms with Crippen molar-refractivity contribution in [1.82, 2.24) is 4.98 Å². The third-order valence-corrected chi connectivity index (χ3v) is 3.59. The zero-order valence-corrected chi connectivity index (χ0v) is 11.1. The summed E-state index contributed by atoms with van der Waals surface area (Å²) < 4.78 is 16.6. The summed E-state index contributed by atoms with van der Waals surface area (Å²) in [6, 6.07) is 5.53. The van der Waals surface area contributed by atoms with Gasteiger partial charge in [-0.2, -0.15) is 0 Å². The fourth-order valence-electron chi connectivity index (χ4n) is 2.53. The van der Waals surface area contributed by atoms with Crippen LogP contribution in [0.25, 0.3) is 21.9 Å². The Balaban J connectivity index is 2.17. The number of H-pyrrole nitrogens is 1. The van der Waals surface area contributed by atoms with Crippen LogP contribution in [0.1, 0.15) is 25.5 Å². The molecule has 0 bridgehead atoms. The highest BCUT2D eigenvalue weighted by atomic mass is 16.7. The second-order valence-corrected chi connectivity index (χ2v) is 5.22. The van der Waals surface area contributed by atoms with E-state index >= 15 is 0 Å². The molecule has 0 fully saturated rings. The number of aromatic amines is 1. The lowest BCUT2D eigenvalue weighted by molar-refractivity contribution is 0.174. The number of fused-ring (bicyclic) bond motifs is 5. The van der Waals surface area contributed by atoms with Gasteiger partial charge in [-0.1, -0.05) is 13.8 Å². The van der Waals surface area contributed by atoms with E-state index in [-0.39, 0.29) is 18.3 Å². The first kappa shape index (κ1) is 11.4. The van der Waals surface area contributed by atoms with Gasteiger partial charge in [0.15, 0.2) is 11.5 Å². The largest absolute Gasteiger partial charge is 0.460 e. The van der Waals surface area contributed by atoms with Crippen molar-refractivity contribution in [1.29, 1.82) is 0 Å². The van der Waals surface area contributed by atoms with Gasteiger partial charge in [-0.25, -0.2) is 0 Å². The Labute approximate surface area is 114 Å². The fourth-order valence-corrected chi connectivity index (χ4v) is 2.53. The van der Waals surface area contributed by atoms with Crippen LogP contribution in [0.4, 0.5) is 0 Å². The molecule has 1 aromatic carbocycles. The minimum atomic E-state index is -0.174. The van der Waals surface area contributed by atoms with Gasteiger partial charge < -0.3 is 18.9 Å². The maximum atomic E-state index is 12.2. The van der Waals surface area contributed by atoms with Crippen molar-refractivity contribution < 1.29 is 13.9 Å². The van der Waals surface area contributed by atoms with Crippen LogP contribution >= 0.6 is 0 Å². The summed E-state index contributed by atoms with van der Waals surface area (Å²) in [6.45, 7) is 4.23. The van der Waals surface area contributed by atoms with E-state index in [0.29, 0.717) is 28.0 Å². The van der Waals surface area contributed by atoms with Gasteiger partial charge in [-0.15, -0.1) is 0 Å². The molecule has 1 aliphatic rings. The SMILES string of the molecule is CC(C)c1cc2c(=O)[nH]c3c4c(ccc3c2o1)OCO4. The summed E-state index contributed by atoms with van der Waals surface area (Å²) in [5.74, 6) is 2.24. The number of hydrogen-bond donors (Lipinski definition) is 1. The van der Waals surface area contributed by atoms with Gasteiger partial charge in [0.1, 0.15) is 11.3 Å². The quantitative estimate of drug-likeness (QED) is 0.738. The number of benzene rings is 1. The highest BCUT2D eigenvalue weighted by Crippen LogP contribution is 2.40. The van der Waals surface area contributed by atoms with E-state index in [1.165, 1.54) is 0 Å². The normalized spacial score (nSPS) is 13.8. The smallest absolute Gasteiger partial charge is 0.259 e. The molecule has 0 radical (unpaired) electrons. The minimum absolute atomic E-state index is 0.171. The molecule has 0 aliphatic carbocycles. The van der Waals surface area contributed by atoms with Crippen molar-refractivity contribution in [3.8, 4) is 11.5 Å². The van der Waals surface area contributed by atoms with Gasteiger partial charge >= 0.3 is 0 Å². The van der Waals surface area contributed by atoms with Gasteiger partial charge in [-0.05, 0) is 18.2 Å².